The molecule has 1 fully saturated rings. The van der Waals surface area contributed by atoms with E-state index < -0.39 is 11.1 Å². The highest BCUT2D eigenvalue weighted by molar-refractivity contribution is 6.00. The average molecular weight is 273 g/mol. The largest absolute Gasteiger partial charge is 0.316 e. The molecule has 104 valence electrons. The molecule has 20 heavy (non-hydrogen) atoms. The van der Waals surface area contributed by atoms with E-state index in [9.17, 15) is 14.4 Å². The van der Waals surface area contributed by atoms with E-state index in [2.05, 4.69) is 15.3 Å². The van der Waals surface area contributed by atoms with Crippen LogP contribution >= 0.6 is 0 Å². The predicted octanol–water partition coefficient (Wildman–Crippen LogP) is 0.399. The Morgan fingerprint density at radius 2 is 1.85 bits per heavy atom. The highest BCUT2D eigenvalue weighted by atomic mass is 16.2. The maximum Gasteiger partial charge on any atom is 0.314 e. The Bertz CT molecular complexity index is 769. The third-order valence-electron chi connectivity index (χ3n) is 3.67. The number of benzene rings is 1. The smallest absolute Gasteiger partial charge is 0.314 e. The summed E-state index contributed by atoms with van der Waals surface area (Å²) in [4.78, 5) is 39.9. The van der Waals surface area contributed by atoms with Gasteiger partial charge in [-0.25, -0.2) is 0 Å². The zero-order valence-electron chi connectivity index (χ0n) is 10.9. The third-order valence-corrected chi connectivity index (χ3v) is 3.67. The molecule has 0 aliphatic carbocycles. The molecule has 1 aliphatic heterocycles. The molecule has 1 aliphatic rings. The number of nitrogens with one attached hydrogen (secondary N) is 3. The van der Waals surface area contributed by atoms with Crippen molar-refractivity contribution in [3.8, 4) is 0 Å². The molecule has 6 heteroatoms. The lowest BCUT2D eigenvalue weighted by Gasteiger charge is -2.21. The van der Waals surface area contributed by atoms with Gasteiger partial charge in [-0.15, -0.1) is 0 Å². The maximum absolute atomic E-state index is 12.4. The van der Waals surface area contributed by atoms with Gasteiger partial charge in [0.2, 0.25) is 0 Å². The van der Waals surface area contributed by atoms with Gasteiger partial charge in [0.05, 0.1) is 11.0 Å². The molecule has 1 atom stereocenters. The van der Waals surface area contributed by atoms with Gasteiger partial charge in [0.25, 0.3) is 0 Å². The first-order chi connectivity index (χ1) is 9.65. The standard InChI is InChI=1S/C14H15N3O3/c18-12(9-2-1-5-15-7-9)8-3-4-10-11(6-8)17-14(20)13(19)16-10/h3-4,6,9,15H,1-2,5,7H2,(H,16,19)(H,17,20). The van der Waals surface area contributed by atoms with Crippen LogP contribution in [0.2, 0.25) is 0 Å². The molecule has 1 saturated heterocycles. The molecule has 1 unspecified atom stereocenters. The van der Waals surface area contributed by atoms with Gasteiger partial charge in [-0.1, -0.05) is 0 Å². The lowest BCUT2D eigenvalue weighted by molar-refractivity contribution is 0.0900. The molecule has 3 N–H and O–H groups in total. The van der Waals surface area contributed by atoms with E-state index in [1.54, 1.807) is 18.2 Å². The molecular formula is C14H15N3O3. The number of piperidine rings is 1. The number of ketones is 1. The van der Waals surface area contributed by atoms with Crippen molar-refractivity contribution >= 4 is 16.8 Å². The van der Waals surface area contributed by atoms with Gasteiger partial charge in [0, 0.05) is 18.0 Å². The average Bonchev–Trinajstić information content (AvgIpc) is 2.48. The van der Waals surface area contributed by atoms with E-state index >= 15 is 0 Å². The summed E-state index contributed by atoms with van der Waals surface area (Å²) in [6, 6.07) is 4.97. The molecule has 2 aromatic rings. The minimum absolute atomic E-state index is 0.0179. The lowest BCUT2D eigenvalue weighted by Crippen LogP contribution is -2.34. The molecule has 0 spiro atoms. The molecule has 0 bridgehead atoms. The van der Waals surface area contributed by atoms with Crippen LogP contribution in [0.25, 0.3) is 11.0 Å². The Balaban J connectivity index is 1.99. The summed E-state index contributed by atoms with van der Waals surface area (Å²) >= 11 is 0. The summed E-state index contributed by atoms with van der Waals surface area (Å²) in [5.41, 5.74) is 0.167. The second-order valence-corrected chi connectivity index (χ2v) is 5.08. The molecule has 1 aromatic heterocycles. The molecule has 2 heterocycles. The van der Waals surface area contributed by atoms with E-state index in [0.29, 0.717) is 23.1 Å². The van der Waals surface area contributed by atoms with E-state index in [-0.39, 0.29) is 11.7 Å². The first kappa shape index (κ1) is 12.8. The fourth-order valence-corrected chi connectivity index (χ4v) is 2.58. The van der Waals surface area contributed by atoms with Crippen LogP contribution in [0.4, 0.5) is 0 Å². The van der Waals surface area contributed by atoms with E-state index in [1.807, 2.05) is 0 Å². The fraction of sp³-hybridized carbons (Fsp3) is 0.357. The minimum Gasteiger partial charge on any atom is -0.316 e. The van der Waals surface area contributed by atoms with Crippen LogP contribution in [0.3, 0.4) is 0 Å². The van der Waals surface area contributed by atoms with Gasteiger partial charge >= 0.3 is 11.1 Å². The summed E-state index contributed by atoms with van der Waals surface area (Å²) < 4.78 is 0. The van der Waals surface area contributed by atoms with Crippen LogP contribution < -0.4 is 16.4 Å². The number of aromatic nitrogens is 2. The van der Waals surface area contributed by atoms with Gasteiger partial charge < -0.3 is 15.3 Å². The number of hydrogen-bond acceptors (Lipinski definition) is 4. The van der Waals surface area contributed by atoms with E-state index in [0.717, 1.165) is 19.4 Å². The first-order valence-corrected chi connectivity index (χ1v) is 6.66. The Hall–Kier alpha value is -2.21. The van der Waals surface area contributed by atoms with Gasteiger partial charge in [0.1, 0.15) is 0 Å². The highest BCUT2D eigenvalue weighted by Gasteiger charge is 2.22. The van der Waals surface area contributed by atoms with Crippen molar-refractivity contribution in [3.63, 3.8) is 0 Å². The first-order valence-electron chi connectivity index (χ1n) is 6.66. The van der Waals surface area contributed by atoms with Crippen LogP contribution in [0, 0.1) is 5.92 Å². The van der Waals surface area contributed by atoms with Crippen LogP contribution in [0.15, 0.2) is 27.8 Å². The number of carbonyl (C=O) groups excluding carboxylic acids is 1. The predicted molar refractivity (Wildman–Crippen MR) is 75.1 cm³/mol. The van der Waals surface area contributed by atoms with Crippen LogP contribution in [-0.4, -0.2) is 28.8 Å². The number of hydrogen-bond donors (Lipinski definition) is 3. The number of aromatic amines is 2. The molecule has 3 rings (SSSR count). The van der Waals surface area contributed by atoms with Gasteiger partial charge in [-0.05, 0) is 37.6 Å². The summed E-state index contributed by atoms with van der Waals surface area (Å²) in [6.45, 7) is 1.65. The fourth-order valence-electron chi connectivity index (χ4n) is 2.58. The molecule has 0 saturated carbocycles. The number of H-pyrrole nitrogens is 2. The molecule has 0 radical (unpaired) electrons. The third kappa shape index (κ3) is 2.30. The monoisotopic (exact) mass is 273 g/mol. The number of rotatable bonds is 2. The second kappa shape index (κ2) is 5.05. The van der Waals surface area contributed by atoms with Crippen LogP contribution in [-0.2, 0) is 0 Å². The Morgan fingerprint density at radius 3 is 2.55 bits per heavy atom. The van der Waals surface area contributed by atoms with Crippen molar-refractivity contribution in [1.82, 2.24) is 15.3 Å². The van der Waals surface area contributed by atoms with Gasteiger partial charge in [-0.2, -0.15) is 0 Å². The topological polar surface area (TPSA) is 94.8 Å². The van der Waals surface area contributed by atoms with Crippen molar-refractivity contribution in [3.05, 3.63) is 44.5 Å². The Labute approximate surface area is 114 Å². The second-order valence-electron chi connectivity index (χ2n) is 5.08. The molecular weight excluding hydrogens is 258 g/mol. The number of carbonyl (C=O) groups is 1. The van der Waals surface area contributed by atoms with E-state index in [4.69, 9.17) is 0 Å². The van der Waals surface area contributed by atoms with Gasteiger partial charge in [0.15, 0.2) is 5.78 Å². The Morgan fingerprint density at radius 1 is 1.10 bits per heavy atom. The zero-order chi connectivity index (χ0) is 14.1. The van der Waals surface area contributed by atoms with E-state index in [1.165, 1.54) is 0 Å². The maximum atomic E-state index is 12.4. The van der Waals surface area contributed by atoms with Crippen LogP contribution in [0.5, 0.6) is 0 Å². The highest BCUT2D eigenvalue weighted by Crippen LogP contribution is 2.18. The van der Waals surface area contributed by atoms with Crippen LogP contribution in [0.1, 0.15) is 23.2 Å². The number of Topliss-reactive ketones (excluding diaryl/α,β-unsaturated/α-hetero) is 1. The normalized spacial score (nSPS) is 19.1. The lowest BCUT2D eigenvalue weighted by atomic mass is 9.91. The minimum atomic E-state index is -0.707. The Kier molecular flexibility index (Phi) is 3.23. The van der Waals surface area contributed by atoms with Crippen molar-refractivity contribution in [1.29, 1.82) is 0 Å². The van der Waals surface area contributed by atoms with Crippen molar-refractivity contribution in [2.75, 3.05) is 13.1 Å². The summed E-state index contributed by atoms with van der Waals surface area (Å²) in [5, 5.41) is 3.21. The quantitative estimate of drug-likeness (QED) is 0.545. The van der Waals surface area contributed by atoms with Gasteiger partial charge in [-0.3, -0.25) is 14.4 Å². The SMILES string of the molecule is O=C(c1ccc2[nH]c(=O)c(=O)[nH]c2c1)C1CCCNC1. The van der Waals surface area contributed by atoms with Crippen molar-refractivity contribution < 1.29 is 4.79 Å². The van der Waals surface area contributed by atoms with Crippen molar-refractivity contribution in [2.45, 2.75) is 12.8 Å². The molecule has 0 amide bonds. The molecule has 1 aromatic carbocycles. The van der Waals surface area contributed by atoms with Crippen molar-refractivity contribution in [2.24, 2.45) is 5.92 Å². The molecule has 6 nitrogen and oxygen atoms in total. The summed E-state index contributed by atoms with van der Waals surface area (Å²) in [6.07, 6.45) is 1.88. The number of fused-ring (bicyclic) bond motifs is 1. The zero-order valence-corrected chi connectivity index (χ0v) is 10.9. The summed E-state index contributed by atoms with van der Waals surface area (Å²) in [5.74, 6) is 0.0573. The summed E-state index contributed by atoms with van der Waals surface area (Å²) in [7, 11) is 0.